The Morgan fingerprint density at radius 1 is 0.875 bits per heavy atom. The zero-order valence-corrected chi connectivity index (χ0v) is 10.2. The topological polar surface area (TPSA) is 71.1 Å². The van der Waals surface area contributed by atoms with Gasteiger partial charge in [0.25, 0.3) is 0 Å². The molecule has 1 unspecified atom stereocenters. The molecule has 1 atom stereocenters. The van der Waals surface area contributed by atoms with Crippen molar-refractivity contribution in [1.29, 1.82) is 0 Å². The molecule has 6 heteroatoms. The normalized spacial score (nSPS) is 12.7. The summed E-state index contributed by atoms with van der Waals surface area (Å²) in [5, 5.41) is 0. The molecule has 0 aliphatic rings. The van der Waals surface area contributed by atoms with E-state index in [9.17, 15) is 9.59 Å². The second kappa shape index (κ2) is 7.19. The zero-order chi connectivity index (χ0) is 12.7. The molecule has 0 aliphatic carbocycles. The fourth-order valence-corrected chi connectivity index (χ4v) is 1.46. The van der Waals surface area contributed by atoms with E-state index in [0.29, 0.717) is 0 Å². The molecule has 0 saturated heterocycles. The largest absolute Gasteiger partial charge is 0.468 e. The van der Waals surface area contributed by atoms with E-state index in [1.807, 2.05) is 0 Å². The highest BCUT2D eigenvalue weighted by atomic mass is 16.7. The van der Waals surface area contributed by atoms with Gasteiger partial charge in [0.2, 0.25) is 0 Å². The second-order valence-corrected chi connectivity index (χ2v) is 3.22. The van der Waals surface area contributed by atoms with Crippen LogP contribution in [0.1, 0.15) is 6.92 Å². The molecule has 0 aromatic rings. The van der Waals surface area contributed by atoms with Crippen molar-refractivity contribution >= 4 is 11.9 Å². The Morgan fingerprint density at radius 2 is 1.25 bits per heavy atom. The van der Waals surface area contributed by atoms with Gasteiger partial charge >= 0.3 is 11.9 Å². The molecule has 0 aromatic heterocycles. The molecule has 0 N–H and O–H groups in total. The first-order valence-electron chi connectivity index (χ1n) is 4.74. The van der Waals surface area contributed by atoms with Crippen LogP contribution in [0.15, 0.2) is 0 Å². The van der Waals surface area contributed by atoms with E-state index in [2.05, 4.69) is 9.47 Å². The van der Waals surface area contributed by atoms with E-state index >= 15 is 0 Å². The third-order valence-electron chi connectivity index (χ3n) is 2.33. The second-order valence-electron chi connectivity index (χ2n) is 3.22. The maximum Gasteiger partial charge on any atom is 0.320 e. The van der Waals surface area contributed by atoms with E-state index in [-0.39, 0.29) is 0 Å². The third kappa shape index (κ3) is 3.46. The van der Waals surface area contributed by atoms with Gasteiger partial charge in [0.1, 0.15) is 0 Å². The number of carbonyl (C=O) groups is 2. The van der Waals surface area contributed by atoms with Gasteiger partial charge in [-0.25, -0.2) is 0 Å². The summed E-state index contributed by atoms with van der Waals surface area (Å²) < 4.78 is 19.1. The van der Waals surface area contributed by atoms with Gasteiger partial charge in [0.15, 0.2) is 12.2 Å². The minimum atomic E-state index is -1.06. The molecule has 0 aromatic carbocycles. The van der Waals surface area contributed by atoms with Crippen LogP contribution in [-0.4, -0.2) is 46.7 Å². The average Bonchev–Trinajstić information content (AvgIpc) is 2.30. The fraction of sp³-hybridized carbons (Fsp3) is 0.800. The molecule has 16 heavy (non-hydrogen) atoms. The molecule has 0 rings (SSSR count). The lowest BCUT2D eigenvalue weighted by atomic mass is 9.93. The van der Waals surface area contributed by atoms with Crippen molar-refractivity contribution in [3.8, 4) is 0 Å². The van der Waals surface area contributed by atoms with Gasteiger partial charge in [-0.3, -0.25) is 9.59 Å². The van der Waals surface area contributed by atoms with Gasteiger partial charge in [-0.05, 0) is 0 Å². The van der Waals surface area contributed by atoms with Gasteiger partial charge in [-0.1, -0.05) is 6.92 Å². The van der Waals surface area contributed by atoms with Gasteiger partial charge in [-0.15, -0.1) is 0 Å². The molecule has 0 aliphatic heterocycles. The maximum absolute atomic E-state index is 11.5. The average molecular weight is 234 g/mol. The van der Waals surface area contributed by atoms with Crippen molar-refractivity contribution in [1.82, 2.24) is 0 Å². The van der Waals surface area contributed by atoms with Gasteiger partial charge in [-0.2, -0.15) is 0 Å². The lowest BCUT2D eigenvalue weighted by Crippen LogP contribution is -2.39. The van der Waals surface area contributed by atoms with Crippen LogP contribution in [-0.2, 0) is 28.5 Å². The predicted molar refractivity (Wildman–Crippen MR) is 54.5 cm³/mol. The number of hydrogen-bond acceptors (Lipinski definition) is 6. The molecule has 0 fully saturated rings. The smallest absolute Gasteiger partial charge is 0.320 e. The van der Waals surface area contributed by atoms with Crippen molar-refractivity contribution in [3.63, 3.8) is 0 Å². The number of ether oxygens (including phenoxy) is 4. The summed E-state index contributed by atoms with van der Waals surface area (Å²) in [5.41, 5.74) is 0. The summed E-state index contributed by atoms with van der Waals surface area (Å²) >= 11 is 0. The Balaban J connectivity index is 4.87. The van der Waals surface area contributed by atoms with E-state index in [4.69, 9.17) is 9.47 Å². The number of esters is 2. The quantitative estimate of drug-likeness (QED) is 0.371. The van der Waals surface area contributed by atoms with Crippen LogP contribution in [0.2, 0.25) is 0 Å². The minimum Gasteiger partial charge on any atom is -0.468 e. The lowest BCUT2D eigenvalue weighted by Gasteiger charge is -2.25. The summed E-state index contributed by atoms with van der Waals surface area (Å²) in [6.45, 7) is 1.65. The Hall–Kier alpha value is -1.14. The first-order chi connectivity index (χ1) is 7.53. The molecule has 0 heterocycles. The van der Waals surface area contributed by atoms with Gasteiger partial charge in [0.05, 0.1) is 14.2 Å². The molecule has 0 radical (unpaired) electrons. The monoisotopic (exact) mass is 234 g/mol. The molecular formula is C10H18O6. The van der Waals surface area contributed by atoms with E-state index in [1.54, 1.807) is 6.92 Å². The van der Waals surface area contributed by atoms with Crippen LogP contribution in [0.5, 0.6) is 0 Å². The van der Waals surface area contributed by atoms with Crippen LogP contribution in [0, 0.1) is 11.8 Å². The van der Waals surface area contributed by atoms with Crippen LogP contribution in [0.3, 0.4) is 0 Å². The van der Waals surface area contributed by atoms with Crippen LogP contribution in [0.4, 0.5) is 0 Å². The summed E-state index contributed by atoms with van der Waals surface area (Å²) in [7, 11) is 5.27. The Bertz CT molecular complexity index is 219. The van der Waals surface area contributed by atoms with E-state index in [0.717, 1.165) is 0 Å². The predicted octanol–water partition coefficient (Wildman–Crippen LogP) is 0.204. The molecule has 94 valence electrons. The van der Waals surface area contributed by atoms with E-state index < -0.39 is 30.1 Å². The summed E-state index contributed by atoms with van der Waals surface area (Å²) in [4.78, 5) is 22.9. The number of rotatable bonds is 6. The first-order valence-corrected chi connectivity index (χ1v) is 4.74. The SMILES string of the molecule is COC(=O)C(C(=O)OC)C(C)C(OC)OC. The van der Waals surface area contributed by atoms with E-state index in [1.165, 1.54) is 28.4 Å². The van der Waals surface area contributed by atoms with Crippen LogP contribution in [0.25, 0.3) is 0 Å². The molecule has 0 amide bonds. The Kier molecular flexibility index (Phi) is 6.67. The summed E-state index contributed by atoms with van der Waals surface area (Å²) in [5.74, 6) is -2.90. The minimum absolute atomic E-state index is 0.505. The summed E-state index contributed by atoms with van der Waals surface area (Å²) in [6.07, 6.45) is -0.678. The highest BCUT2D eigenvalue weighted by Gasteiger charge is 2.38. The highest BCUT2D eigenvalue weighted by molar-refractivity contribution is 5.95. The third-order valence-corrected chi connectivity index (χ3v) is 2.33. The zero-order valence-electron chi connectivity index (χ0n) is 10.2. The van der Waals surface area contributed by atoms with Crippen LogP contribution < -0.4 is 0 Å². The molecule has 0 saturated carbocycles. The highest BCUT2D eigenvalue weighted by Crippen LogP contribution is 2.21. The first kappa shape index (κ1) is 14.9. The molecular weight excluding hydrogens is 216 g/mol. The number of carbonyl (C=O) groups excluding carboxylic acids is 2. The Morgan fingerprint density at radius 3 is 1.50 bits per heavy atom. The van der Waals surface area contributed by atoms with Crippen molar-refractivity contribution in [2.24, 2.45) is 11.8 Å². The Labute approximate surface area is 94.8 Å². The molecule has 0 bridgehead atoms. The van der Waals surface area contributed by atoms with Crippen molar-refractivity contribution in [2.45, 2.75) is 13.2 Å². The number of methoxy groups -OCH3 is 4. The van der Waals surface area contributed by atoms with Crippen LogP contribution >= 0.6 is 0 Å². The molecule has 6 nitrogen and oxygen atoms in total. The standard InChI is InChI=1S/C10H18O6/c1-6(10(15-4)16-5)7(8(11)13-2)9(12)14-3/h6-7,10H,1-5H3. The number of hydrogen-bond donors (Lipinski definition) is 0. The maximum atomic E-state index is 11.5. The van der Waals surface area contributed by atoms with Crippen molar-refractivity contribution in [2.75, 3.05) is 28.4 Å². The summed E-state index contributed by atoms with van der Waals surface area (Å²) in [6, 6.07) is 0. The van der Waals surface area contributed by atoms with Gasteiger partial charge < -0.3 is 18.9 Å². The lowest BCUT2D eigenvalue weighted by molar-refractivity contribution is -0.179. The van der Waals surface area contributed by atoms with Crippen molar-refractivity contribution in [3.05, 3.63) is 0 Å². The fourth-order valence-electron chi connectivity index (χ4n) is 1.46. The molecule has 0 spiro atoms. The van der Waals surface area contributed by atoms with Crippen molar-refractivity contribution < 1.29 is 28.5 Å². The van der Waals surface area contributed by atoms with Gasteiger partial charge in [0, 0.05) is 20.1 Å².